The number of nitrogens with zero attached hydrogens (tertiary/aromatic N) is 4. The van der Waals surface area contributed by atoms with Crippen LogP contribution < -0.4 is 10.1 Å². The fourth-order valence-electron chi connectivity index (χ4n) is 2.80. The number of rotatable bonds is 7. The maximum absolute atomic E-state index is 12.4. The number of hydrogen-bond acceptors (Lipinski definition) is 5. The van der Waals surface area contributed by atoms with E-state index in [1.54, 1.807) is 41.5 Å². The van der Waals surface area contributed by atoms with Gasteiger partial charge >= 0.3 is 0 Å². The lowest BCUT2D eigenvalue weighted by molar-refractivity contribution is -0.111. The maximum Gasteiger partial charge on any atom is 0.248 e. The minimum atomic E-state index is -0.292. The molecule has 0 bridgehead atoms. The number of aromatic nitrogens is 4. The van der Waals surface area contributed by atoms with Gasteiger partial charge in [-0.25, -0.2) is 9.67 Å². The lowest BCUT2D eigenvalue weighted by Gasteiger charge is -2.10. The van der Waals surface area contributed by atoms with Gasteiger partial charge in [0, 0.05) is 17.3 Å². The third-order valence-electron chi connectivity index (χ3n) is 4.30. The molecule has 0 fully saturated rings. The van der Waals surface area contributed by atoms with Gasteiger partial charge in [-0.3, -0.25) is 9.78 Å². The van der Waals surface area contributed by atoms with E-state index < -0.39 is 0 Å². The highest BCUT2D eigenvalue weighted by atomic mass is 35.5. The summed E-state index contributed by atoms with van der Waals surface area (Å²) in [6, 6.07) is 18.3. The molecule has 0 unspecified atom stereocenters. The zero-order chi connectivity index (χ0) is 21.5. The molecule has 0 atom stereocenters. The van der Waals surface area contributed by atoms with Crippen LogP contribution in [0.15, 0.2) is 85.6 Å². The van der Waals surface area contributed by atoms with Gasteiger partial charge in [0.25, 0.3) is 0 Å². The van der Waals surface area contributed by atoms with E-state index in [9.17, 15) is 4.79 Å². The summed E-state index contributed by atoms with van der Waals surface area (Å²) in [5, 5.41) is 7.43. The second kappa shape index (κ2) is 9.69. The zero-order valence-corrected chi connectivity index (χ0v) is 17.1. The smallest absolute Gasteiger partial charge is 0.248 e. The Morgan fingerprint density at radius 1 is 1.13 bits per heavy atom. The number of carbonyl (C=O) groups is 1. The third kappa shape index (κ3) is 5.55. The molecular formula is C23H18ClN5O2. The van der Waals surface area contributed by atoms with Crippen LogP contribution in [0.4, 0.5) is 5.69 Å². The topological polar surface area (TPSA) is 81.9 Å². The Balaban J connectivity index is 1.38. The second-order valence-corrected chi connectivity index (χ2v) is 6.94. The van der Waals surface area contributed by atoms with Crippen molar-refractivity contribution in [3.63, 3.8) is 0 Å². The van der Waals surface area contributed by atoms with Crippen LogP contribution in [0, 0.1) is 0 Å². The molecule has 2 aromatic carbocycles. The van der Waals surface area contributed by atoms with Crippen molar-refractivity contribution in [1.82, 2.24) is 19.7 Å². The normalized spacial score (nSPS) is 10.9. The first-order valence-corrected chi connectivity index (χ1v) is 9.81. The minimum absolute atomic E-state index is 0.292. The van der Waals surface area contributed by atoms with E-state index in [1.807, 2.05) is 42.5 Å². The number of amides is 1. The van der Waals surface area contributed by atoms with E-state index in [-0.39, 0.29) is 5.91 Å². The maximum atomic E-state index is 12.4. The molecule has 2 heterocycles. The Labute approximate surface area is 184 Å². The molecule has 4 aromatic rings. The second-order valence-electron chi connectivity index (χ2n) is 6.50. The van der Waals surface area contributed by atoms with E-state index in [4.69, 9.17) is 16.3 Å². The molecule has 4 rings (SSSR count). The van der Waals surface area contributed by atoms with E-state index in [0.717, 1.165) is 17.0 Å². The van der Waals surface area contributed by atoms with E-state index in [2.05, 4.69) is 20.4 Å². The number of carbonyl (C=O) groups excluding carboxylic acids is 1. The molecule has 154 valence electrons. The summed E-state index contributed by atoms with van der Waals surface area (Å²) < 4.78 is 7.27. The predicted octanol–water partition coefficient (Wildman–Crippen LogP) is 4.55. The van der Waals surface area contributed by atoms with Crippen molar-refractivity contribution in [3.05, 3.63) is 102 Å². The molecule has 0 aliphatic carbocycles. The number of halogens is 1. The first-order valence-electron chi connectivity index (χ1n) is 9.44. The number of benzene rings is 2. The van der Waals surface area contributed by atoms with Crippen LogP contribution in [0.3, 0.4) is 0 Å². The Bertz CT molecular complexity index is 1180. The molecule has 0 spiro atoms. The van der Waals surface area contributed by atoms with Gasteiger partial charge in [0.1, 0.15) is 25.0 Å². The number of hydrogen-bond donors (Lipinski definition) is 1. The largest absolute Gasteiger partial charge is 0.487 e. The van der Waals surface area contributed by atoms with Crippen molar-refractivity contribution >= 4 is 29.3 Å². The van der Waals surface area contributed by atoms with E-state index >= 15 is 0 Å². The molecule has 0 saturated carbocycles. The molecule has 0 aliphatic heterocycles. The quantitative estimate of drug-likeness (QED) is 0.434. The Morgan fingerprint density at radius 2 is 2.00 bits per heavy atom. The molecule has 1 amide bonds. The van der Waals surface area contributed by atoms with Gasteiger partial charge in [0.2, 0.25) is 5.91 Å². The SMILES string of the molecule is O=C(/C=C/c1ccc(OCc2ccccn2)cc1)Nc1cc(Cl)ccc1-n1cncn1. The van der Waals surface area contributed by atoms with Crippen molar-refractivity contribution < 1.29 is 9.53 Å². The monoisotopic (exact) mass is 431 g/mol. The molecule has 1 N–H and O–H groups in total. The molecule has 0 radical (unpaired) electrons. The summed E-state index contributed by atoms with van der Waals surface area (Å²) in [7, 11) is 0. The lowest BCUT2D eigenvalue weighted by atomic mass is 10.2. The fourth-order valence-corrected chi connectivity index (χ4v) is 2.98. The first kappa shape index (κ1) is 20.3. The molecule has 0 saturated heterocycles. The Hall–Kier alpha value is -3.97. The highest BCUT2D eigenvalue weighted by molar-refractivity contribution is 6.31. The Morgan fingerprint density at radius 3 is 2.74 bits per heavy atom. The minimum Gasteiger partial charge on any atom is -0.487 e. The molecule has 2 aromatic heterocycles. The van der Waals surface area contributed by atoms with Gasteiger partial charge < -0.3 is 10.1 Å². The molecule has 7 nitrogen and oxygen atoms in total. The average molecular weight is 432 g/mol. The number of pyridine rings is 1. The van der Waals surface area contributed by atoms with Crippen LogP contribution in [0.2, 0.25) is 5.02 Å². The van der Waals surface area contributed by atoms with Crippen LogP contribution in [-0.2, 0) is 11.4 Å². The van der Waals surface area contributed by atoms with E-state index in [0.29, 0.717) is 23.0 Å². The highest BCUT2D eigenvalue weighted by Gasteiger charge is 2.08. The number of anilines is 1. The van der Waals surface area contributed by atoms with Gasteiger partial charge in [-0.1, -0.05) is 29.8 Å². The molecular weight excluding hydrogens is 414 g/mol. The van der Waals surface area contributed by atoms with E-state index in [1.165, 1.54) is 12.4 Å². The van der Waals surface area contributed by atoms with Crippen molar-refractivity contribution in [2.45, 2.75) is 6.61 Å². The first-order chi connectivity index (χ1) is 15.2. The summed E-state index contributed by atoms with van der Waals surface area (Å²) in [4.78, 5) is 20.6. The van der Waals surface area contributed by atoms with Gasteiger partial charge in [0.05, 0.1) is 17.1 Å². The number of nitrogens with one attached hydrogen (secondary N) is 1. The third-order valence-corrected chi connectivity index (χ3v) is 4.54. The van der Waals surface area contributed by atoms with Crippen molar-refractivity contribution in [3.8, 4) is 11.4 Å². The highest BCUT2D eigenvalue weighted by Crippen LogP contribution is 2.24. The summed E-state index contributed by atoms with van der Waals surface area (Å²) in [6.07, 6.45) is 7.87. The van der Waals surface area contributed by atoms with Gasteiger partial charge in [-0.2, -0.15) is 5.10 Å². The summed E-state index contributed by atoms with van der Waals surface area (Å²) >= 11 is 6.08. The molecule has 0 aliphatic rings. The van der Waals surface area contributed by atoms with Crippen molar-refractivity contribution in [1.29, 1.82) is 0 Å². The van der Waals surface area contributed by atoms with Crippen LogP contribution >= 0.6 is 11.6 Å². The van der Waals surface area contributed by atoms with Crippen LogP contribution in [0.5, 0.6) is 5.75 Å². The van der Waals surface area contributed by atoms with Gasteiger partial charge in [-0.15, -0.1) is 0 Å². The Kier molecular flexibility index (Phi) is 6.35. The zero-order valence-electron chi connectivity index (χ0n) is 16.4. The summed E-state index contributed by atoms with van der Waals surface area (Å²) in [5.41, 5.74) is 2.92. The molecule has 31 heavy (non-hydrogen) atoms. The van der Waals surface area contributed by atoms with Crippen molar-refractivity contribution in [2.75, 3.05) is 5.32 Å². The van der Waals surface area contributed by atoms with Crippen LogP contribution in [-0.4, -0.2) is 25.7 Å². The van der Waals surface area contributed by atoms with Crippen LogP contribution in [0.1, 0.15) is 11.3 Å². The number of ether oxygens (including phenoxy) is 1. The average Bonchev–Trinajstić information content (AvgIpc) is 3.32. The van der Waals surface area contributed by atoms with Crippen LogP contribution in [0.25, 0.3) is 11.8 Å². The van der Waals surface area contributed by atoms with Gasteiger partial charge in [0.15, 0.2) is 0 Å². The fraction of sp³-hybridized carbons (Fsp3) is 0.0435. The molecule has 8 heteroatoms. The van der Waals surface area contributed by atoms with Gasteiger partial charge in [-0.05, 0) is 54.1 Å². The summed E-state index contributed by atoms with van der Waals surface area (Å²) in [6.45, 7) is 0.395. The van der Waals surface area contributed by atoms with Crippen molar-refractivity contribution in [2.24, 2.45) is 0 Å². The summed E-state index contributed by atoms with van der Waals surface area (Å²) in [5.74, 6) is 0.433. The standard InChI is InChI=1S/C23H18ClN5O2/c24-18-7-10-22(29-16-25-15-27-29)21(13-18)28-23(30)11-6-17-4-8-20(9-5-17)31-14-19-3-1-2-12-26-19/h1-13,15-16H,14H2,(H,28,30)/b11-6+. The predicted molar refractivity (Wildman–Crippen MR) is 119 cm³/mol. The lowest BCUT2D eigenvalue weighted by Crippen LogP contribution is -2.11.